The number of rotatable bonds is 3. The minimum absolute atomic E-state index is 0.305. The molecular weight excluding hydrogens is 250 g/mol. The van der Waals surface area contributed by atoms with Gasteiger partial charge in [0, 0.05) is 31.0 Å². The van der Waals surface area contributed by atoms with E-state index in [0.717, 1.165) is 41.7 Å². The molecule has 104 valence electrons. The summed E-state index contributed by atoms with van der Waals surface area (Å²) in [6, 6.07) is 8.27. The number of benzene rings is 1. The van der Waals surface area contributed by atoms with Crippen molar-refractivity contribution in [3.05, 3.63) is 35.7 Å². The summed E-state index contributed by atoms with van der Waals surface area (Å²) in [6.07, 6.45) is 0.976. The molecule has 4 nitrogen and oxygen atoms in total. The van der Waals surface area contributed by atoms with Crippen LogP contribution in [-0.4, -0.2) is 23.6 Å². The fourth-order valence-corrected chi connectivity index (χ4v) is 2.35. The average Bonchev–Trinajstić information content (AvgIpc) is 2.94. The second-order valence-corrected chi connectivity index (χ2v) is 5.32. The fourth-order valence-electron chi connectivity index (χ4n) is 2.35. The van der Waals surface area contributed by atoms with Crippen LogP contribution in [0.3, 0.4) is 0 Å². The molecule has 0 atom stereocenters. The van der Waals surface area contributed by atoms with E-state index >= 15 is 0 Å². The van der Waals surface area contributed by atoms with E-state index in [2.05, 4.69) is 41.3 Å². The standard InChI is InChI=1S/C16H19N3O/c1-10(2)16-18-13(9-15(17-3)19-16)11-4-5-14-12(8-11)6-7-20-14/h4-5,8-10H,6-7H2,1-3H3,(H,17,18,19). The summed E-state index contributed by atoms with van der Waals surface area (Å²) in [7, 11) is 1.88. The molecule has 0 spiro atoms. The molecule has 4 heteroatoms. The van der Waals surface area contributed by atoms with Crippen molar-refractivity contribution >= 4 is 5.82 Å². The first-order valence-corrected chi connectivity index (χ1v) is 7.00. The second kappa shape index (κ2) is 5.12. The normalized spacial score (nSPS) is 13.2. The van der Waals surface area contributed by atoms with E-state index < -0.39 is 0 Å². The minimum Gasteiger partial charge on any atom is -0.493 e. The summed E-state index contributed by atoms with van der Waals surface area (Å²) in [5.74, 6) is 3.03. The summed E-state index contributed by atoms with van der Waals surface area (Å²) in [5.41, 5.74) is 3.34. The highest BCUT2D eigenvalue weighted by molar-refractivity contribution is 5.65. The molecule has 0 amide bonds. The van der Waals surface area contributed by atoms with Gasteiger partial charge in [0.2, 0.25) is 0 Å². The summed E-state index contributed by atoms with van der Waals surface area (Å²) >= 11 is 0. The van der Waals surface area contributed by atoms with Gasteiger partial charge in [0.25, 0.3) is 0 Å². The third kappa shape index (κ3) is 2.33. The second-order valence-electron chi connectivity index (χ2n) is 5.32. The van der Waals surface area contributed by atoms with E-state index in [4.69, 9.17) is 4.74 Å². The Balaban J connectivity index is 2.07. The van der Waals surface area contributed by atoms with Crippen molar-refractivity contribution < 1.29 is 4.74 Å². The third-order valence-electron chi connectivity index (χ3n) is 3.50. The first-order chi connectivity index (χ1) is 9.67. The number of hydrogen-bond donors (Lipinski definition) is 1. The highest BCUT2D eigenvalue weighted by Gasteiger charge is 2.14. The molecule has 0 radical (unpaired) electrons. The molecule has 0 saturated heterocycles. The smallest absolute Gasteiger partial charge is 0.133 e. The zero-order valence-corrected chi connectivity index (χ0v) is 12.1. The maximum atomic E-state index is 5.55. The van der Waals surface area contributed by atoms with Crippen LogP contribution in [0.25, 0.3) is 11.3 Å². The van der Waals surface area contributed by atoms with Crippen molar-refractivity contribution in [2.24, 2.45) is 0 Å². The zero-order valence-electron chi connectivity index (χ0n) is 12.1. The zero-order chi connectivity index (χ0) is 14.1. The van der Waals surface area contributed by atoms with Gasteiger partial charge in [-0.2, -0.15) is 0 Å². The van der Waals surface area contributed by atoms with Gasteiger partial charge in [-0.15, -0.1) is 0 Å². The van der Waals surface area contributed by atoms with Gasteiger partial charge in [-0.25, -0.2) is 9.97 Å². The van der Waals surface area contributed by atoms with Crippen LogP contribution in [0.5, 0.6) is 5.75 Å². The monoisotopic (exact) mass is 269 g/mol. The number of nitrogens with one attached hydrogen (secondary N) is 1. The van der Waals surface area contributed by atoms with Crippen LogP contribution in [0.1, 0.15) is 31.2 Å². The van der Waals surface area contributed by atoms with Gasteiger partial charge < -0.3 is 10.1 Å². The fraction of sp³-hybridized carbons (Fsp3) is 0.375. The van der Waals surface area contributed by atoms with Crippen LogP contribution < -0.4 is 10.1 Å². The molecule has 1 aromatic carbocycles. The summed E-state index contributed by atoms with van der Waals surface area (Å²) in [5, 5.41) is 3.11. The number of fused-ring (bicyclic) bond motifs is 1. The molecule has 0 aliphatic carbocycles. The lowest BCUT2D eigenvalue weighted by atomic mass is 10.1. The molecule has 0 unspecified atom stereocenters. The van der Waals surface area contributed by atoms with Gasteiger partial charge in [-0.1, -0.05) is 13.8 Å². The van der Waals surface area contributed by atoms with Gasteiger partial charge in [0.15, 0.2) is 0 Å². The molecule has 2 heterocycles. The minimum atomic E-state index is 0.305. The number of anilines is 1. The van der Waals surface area contributed by atoms with E-state index in [0.29, 0.717) is 5.92 Å². The Hall–Kier alpha value is -2.10. The Morgan fingerprint density at radius 1 is 1.20 bits per heavy atom. The first kappa shape index (κ1) is 12.9. The molecule has 1 aromatic heterocycles. The largest absolute Gasteiger partial charge is 0.493 e. The number of aromatic nitrogens is 2. The average molecular weight is 269 g/mol. The molecule has 0 bridgehead atoms. The van der Waals surface area contributed by atoms with Crippen molar-refractivity contribution in [3.8, 4) is 17.0 Å². The van der Waals surface area contributed by atoms with Crippen molar-refractivity contribution in [3.63, 3.8) is 0 Å². The van der Waals surface area contributed by atoms with Crippen molar-refractivity contribution in [1.82, 2.24) is 9.97 Å². The van der Waals surface area contributed by atoms with Crippen LogP contribution in [0.4, 0.5) is 5.82 Å². The van der Waals surface area contributed by atoms with E-state index in [-0.39, 0.29) is 0 Å². The van der Waals surface area contributed by atoms with E-state index in [9.17, 15) is 0 Å². The maximum absolute atomic E-state index is 5.55. The number of nitrogens with zero attached hydrogens (tertiary/aromatic N) is 2. The Morgan fingerprint density at radius 2 is 2.05 bits per heavy atom. The van der Waals surface area contributed by atoms with Gasteiger partial charge in [0.05, 0.1) is 12.3 Å². The van der Waals surface area contributed by atoms with E-state index in [1.54, 1.807) is 0 Å². The van der Waals surface area contributed by atoms with Gasteiger partial charge in [-0.05, 0) is 23.8 Å². The van der Waals surface area contributed by atoms with Gasteiger partial charge in [-0.3, -0.25) is 0 Å². The van der Waals surface area contributed by atoms with Gasteiger partial charge in [0.1, 0.15) is 17.4 Å². The molecule has 1 aliphatic heterocycles. The topological polar surface area (TPSA) is 47.0 Å². The van der Waals surface area contributed by atoms with E-state index in [1.165, 1.54) is 5.56 Å². The first-order valence-electron chi connectivity index (χ1n) is 7.00. The summed E-state index contributed by atoms with van der Waals surface area (Å²) < 4.78 is 5.55. The van der Waals surface area contributed by atoms with Crippen LogP contribution in [-0.2, 0) is 6.42 Å². The predicted molar refractivity (Wildman–Crippen MR) is 80.3 cm³/mol. The van der Waals surface area contributed by atoms with Crippen molar-refractivity contribution in [2.75, 3.05) is 19.0 Å². The Labute approximate surface area is 119 Å². The van der Waals surface area contributed by atoms with Crippen LogP contribution in [0.15, 0.2) is 24.3 Å². The maximum Gasteiger partial charge on any atom is 0.133 e. The predicted octanol–water partition coefficient (Wildman–Crippen LogP) is 3.24. The number of ether oxygens (including phenoxy) is 1. The van der Waals surface area contributed by atoms with E-state index in [1.807, 2.05) is 19.2 Å². The highest BCUT2D eigenvalue weighted by atomic mass is 16.5. The molecule has 1 aliphatic rings. The Morgan fingerprint density at radius 3 is 2.80 bits per heavy atom. The molecule has 0 fully saturated rings. The summed E-state index contributed by atoms with van der Waals surface area (Å²) in [4.78, 5) is 9.19. The molecule has 20 heavy (non-hydrogen) atoms. The lowest BCUT2D eigenvalue weighted by Crippen LogP contribution is -2.03. The van der Waals surface area contributed by atoms with Crippen LogP contribution >= 0.6 is 0 Å². The third-order valence-corrected chi connectivity index (χ3v) is 3.50. The van der Waals surface area contributed by atoms with Crippen molar-refractivity contribution in [2.45, 2.75) is 26.2 Å². The summed E-state index contributed by atoms with van der Waals surface area (Å²) in [6.45, 7) is 4.99. The van der Waals surface area contributed by atoms with Crippen LogP contribution in [0.2, 0.25) is 0 Å². The molecule has 3 rings (SSSR count). The molecule has 0 saturated carbocycles. The Bertz CT molecular complexity index is 638. The molecule has 2 aromatic rings. The SMILES string of the molecule is CNc1cc(-c2ccc3c(c2)CCO3)nc(C(C)C)n1. The van der Waals surface area contributed by atoms with Crippen molar-refractivity contribution in [1.29, 1.82) is 0 Å². The number of hydrogen-bond acceptors (Lipinski definition) is 4. The van der Waals surface area contributed by atoms with Gasteiger partial charge >= 0.3 is 0 Å². The lowest BCUT2D eigenvalue weighted by Gasteiger charge is -2.10. The Kier molecular flexibility index (Phi) is 3.30. The quantitative estimate of drug-likeness (QED) is 0.929. The molecule has 1 N–H and O–H groups in total. The lowest BCUT2D eigenvalue weighted by molar-refractivity contribution is 0.357. The highest BCUT2D eigenvalue weighted by Crippen LogP contribution is 2.30. The molecular formula is C16H19N3O. The van der Waals surface area contributed by atoms with Crippen LogP contribution in [0, 0.1) is 0 Å².